The van der Waals surface area contributed by atoms with Crippen LogP contribution in [0.4, 0.5) is 0 Å². The second-order valence-corrected chi connectivity index (χ2v) is 8.32. The van der Waals surface area contributed by atoms with Gasteiger partial charge >= 0.3 is 0 Å². The van der Waals surface area contributed by atoms with Gasteiger partial charge in [-0.05, 0) is 50.0 Å². The Labute approximate surface area is 133 Å². The van der Waals surface area contributed by atoms with E-state index in [9.17, 15) is 0 Å². The summed E-state index contributed by atoms with van der Waals surface area (Å²) in [5, 5.41) is 3.70. The zero-order chi connectivity index (χ0) is 15.3. The quantitative estimate of drug-likeness (QED) is 0.711. The lowest BCUT2D eigenvalue weighted by atomic mass is 9.83. The fourth-order valence-corrected chi connectivity index (χ4v) is 4.69. The zero-order valence-electron chi connectivity index (χ0n) is 15.0. The van der Waals surface area contributed by atoms with Crippen LogP contribution in [0.5, 0.6) is 0 Å². The third kappa shape index (κ3) is 4.96. The Morgan fingerprint density at radius 2 is 1.86 bits per heavy atom. The lowest BCUT2D eigenvalue weighted by Gasteiger charge is -2.39. The summed E-state index contributed by atoms with van der Waals surface area (Å²) in [4.78, 5) is 2.87. The number of hydrogen-bond acceptors (Lipinski definition) is 2. The van der Waals surface area contributed by atoms with Crippen molar-refractivity contribution in [2.75, 3.05) is 19.6 Å². The Hall–Kier alpha value is -0.0800. The highest BCUT2D eigenvalue weighted by Crippen LogP contribution is 2.37. The van der Waals surface area contributed by atoms with E-state index in [-0.39, 0.29) is 0 Å². The largest absolute Gasteiger partial charge is 0.314 e. The fraction of sp³-hybridized carbons (Fsp3) is 1.00. The van der Waals surface area contributed by atoms with Crippen molar-refractivity contribution in [3.05, 3.63) is 0 Å². The molecule has 1 saturated heterocycles. The predicted octanol–water partition coefficient (Wildman–Crippen LogP) is 4.45. The van der Waals surface area contributed by atoms with Crippen LogP contribution < -0.4 is 5.32 Å². The summed E-state index contributed by atoms with van der Waals surface area (Å²) >= 11 is 0. The normalized spacial score (nSPS) is 27.6. The molecule has 0 bridgehead atoms. The molecule has 1 heterocycles. The van der Waals surface area contributed by atoms with Crippen molar-refractivity contribution in [1.29, 1.82) is 0 Å². The summed E-state index contributed by atoms with van der Waals surface area (Å²) in [6.07, 6.45) is 11.5. The van der Waals surface area contributed by atoms with E-state index in [0.717, 1.165) is 12.0 Å². The first-order valence-electron chi connectivity index (χ1n) is 9.51. The fourth-order valence-electron chi connectivity index (χ4n) is 4.69. The summed E-state index contributed by atoms with van der Waals surface area (Å²) in [6, 6.07) is 1.51. The first-order chi connectivity index (χ1) is 10.0. The number of rotatable bonds is 8. The van der Waals surface area contributed by atoms with Crippen molar-refractivity contribution in [2.24, 2.45) is 11.3 Å². The molecule has 21 heavy (non-hydrogen) atoms. The molecule has 0 radical (unpaired) electrons. The molecule has 0 aromatic rings. The van der Waals surface area contributed by atoms with Crippen LogP contribution in [-0.4, -0.2) is 36.6 Å². The van der Waals surface area contributed by atoms with Gasteiger partial charge in [0.1, 0.15) is 0 Å². The summed E-state index contributed by atoms with van der Waals surface area (Å²) in [6.45, 7) is 13.2. The highest BCUT2D eigenvalue weighted by Gasteiger charge is 2.36. The molecular formula is C19H38N2. The summed E-state index contributed by atoms with van der Waals surface area (Å²) in [5.41, 5.74) is 0.445. The maximum Gasteiger partial charge on any atom is 0.0124 e. The van der Waals surface area contributed by atoms with Crippen LogP contribution in [0.1, 0.15) is 79.1 Å². The molecule has 2 heteroatoms. The van der Waals surface area contributed by atoms with Crippen LogP contribution in [0.25, 0.3) is 0 Å². The Bertz CT molecular complexity index is 296. The number of nitrogens with zero attached hydrogens (tertiary/aromatic N) is 1. The van der Waals surface area contributed by atoms with Gasteiger partial charge in [0, 0.05) is 25.2 Å². The molecule has 2 aliphatic rings. The van der Waals surface area contributed by atoms with Gasteiger partial charge in [-0.15, -0.1) is 0 Å². The molecule has 0 aromatic heterocycles. The number of hydrogen-bond donors (Lipinski definition) is 1. The van der Waals surface area contributed by atoms with Crippen molar-refractivity contribution >= 4 is 0 Å². The highest BCUT2D eigenvalue weighted by molar-refractivity contribution is 4.91. The monoisotopic (exact) mass is 294 g/mol. The van der Waals surface area contributed by atoms with Crippen LogP contribution in [0.2, 0.25) is 0 Å². The number of likely N-dealkylation sites (tertiary alicyclic amines) is 1. The molecule has 124 valence electrons. The van der Waals surface area contributed by atoms with Crippen molar-refractivity contribution in [1.82, 2.24) is 10.2 Å². The highest BCUT2D eigenvalue weighted by atomic mass is 15.2. The van der Waals surface area contributed by atoms with Gasteiger partial charge < -0.3 is 5.32 Å². The van der Waals surface area contributed by atoms with E-state index in [1.54, 1.807) is 0 Å². The minimum atomic E-state index is 0.445. The Morgan fingerprint density at radius 1 is 1.14 bits per heavy atom. The maximum atomic E-state index is 3.70. The van der Waals surface area contributed by atoms with Gasteiger partial charge in [-0.1, -0.05) is 47.0 Å². The van der Waals surface area contributed by atoms with Gasteiger partial charge in [-0.3, -0.25) is 4.90 Å². The second kappa shape index (κ2) is 7.97. The van der Waals surface area contributed by atoms with E-state index in [1.165, 1.54) is 71.0 Å². The SMILES string of the molecule is CCCC(C)(CNC(C)C)CN1CCCC1C1CCCC1. The molecule has 2 atom stereocenters. The Balaban J connectivity index is 1.94. The van der Waals surface area contributed by atoms with Crippen LogP contribution >= 0.6 is 0 Å². The molecule has 0 spiro atoms. The van der Waals surface area contributed by atoms with E-state index < -0.39 is 0 Å². The first-order valence-corrected chi connectivity index (χ1v) is 9.51. The van der Waals surface area contributed by atoms with E-state index in [4.69, 9.17) is 0 Å². The summed E-state index contributed by atoms with van der Waals surface area (Å²) in [7, 11) is 0. The minimum absolute atomic E-state index is 0.445. The molecule has 2 rings (SSSR count). The van der Waals surface area contributed by atoms with Gasteiger partial charge in [0.05, 0.1) is 0 Å². The zero-order valence-corrected chi connectivity index (χ0v) is 15.0. The van der Waals surface area contributed by atoms with Gasteiger partial charge in [0.15, 0.2) is 0 Å². The van der Waals surface area contributed by atoms with Crippen LogP contribution in [0, 0.1) is 11.3 Å². The van der Waals surface area contributed by atoms with Crippen LogP contribution in [0.15, 0.2) is 0 Å². The minimum Gasteiger partial charge on any atom is -0.314 e. The van der Waals surface area contributed by atoms with Gasteiger partial charge in [-0.2, -0.15) is 0 Å². The topological polar surface area (TPSA) is 15.3 Å². The molecule has 1 aliphatic heterocycles. The Kier molecular flexibility index (Phi) is 6.55. The van der Waals surface area contributed by atoms with Crippen LogP contribution in [0.3, 0.4) is 0 Å². The standard InChI is InChI=1S/C19H38N2/c1-5-12-19(4,14-20-16(2)3)15-21-13-8-11-18(21)17-9-6-7-10-17/h16-18,20H,5-15H2,1-4H3. The summed E-state index contributed by atoms with van der Waals surface area (Å²) < 4.78 is 0. The predicted molar refractivity (Wildman–Crippen MR) is 92.7 cm³/mol. The van der Waals surface area contributed by atoms with Gasteiger partial charge in [0.2, 0.25) is 0 Å². The van der Waals surface area contributed by atoms with Gasteiger partial charge in [0.25, 0.3) is 0 Å². The van der Waals surface area contributed by atoms with E-state index in [0.29, 0.717) is 11.5 Å². The molecule has 0 aromatic carbocycles. The van der Waals surface area contributed by atoms with Crippen molar-refractivity contribution in [3.63, 3.8) is 0 Å². The number of nitrogens with one attached hydrogen (secondary N) is 1. The maximum absolute atomic E-state index is 3.70. The summed E-state index contributed by atoms with van der Waals surface area (Å²) in [5.74, 6) is 1.01. The lowest BCUT2D eigenvalue weighted by molar-refractivity contribution is 0.110. The van der Waals surface area contributed by atoms with Crippen LogP contribution in [-0.2, 0) is 0 Å². The first kappa shape index (κ1) is 17.3. The van der Waals surface area contributed by atoms with Crippen molar-refractivity contribution < 1.29 is 0 Å². The smallest absolute Gasteiger partial charge is 0.0124 e. The van der Waals surface area contributed by atoms with Gasteiger partial charge in [-0.25, -0.2) is 0 Å². The molecule has 2 fully saturated rings. The second-order valence-electron chi connectivity index (χ2n) is 8.32. The molecule has 2 nitrogen and oxygen atoms in total. The van der Waals surface area contributed by atoms with E-state index in [2.05, 4.69) is 37.9 Å². The molecule has 1 N–H and O–H groups in total. The third-order valence-electron chi connectivity index (χ3n) is 5.73. The third-order valence-corrected chi connectivity index (χ3v) is 5.73. The molecule has 0 amide bonds. The molecule has 2 unspecified atom stereocenters. The lowest BCUT2D eigenvalue weighted by Crippen LogP contribution is -2.46. The average Bonchev–Trinajstić information content (AvgIpc) is 3.07. The molecule has 1 aliphatic carbocycles. The Morgan fingerprint density at radius 3 is 2.48 bits per heavy atom. The average molecular weight is 295 g/mol. The van der Waals surface area contributed by atoms with Crippen molar-refractivity contribution in [2.45, 2.75) is 91.1 Å². The van der Waals surface area contributed by atoms with E-state index in [1.807, 2.05) is 0 Å². The van der Waals surface area contributed by atoms with E-state index >= 15 is 0 Å². The molecular weight excluding hydrogens is 256 g/mol. The molecule has 1 saturated carbocycles. The van der Waals surface area contributed by atoms with Crippen molar-refractivity contribution in [3.8, 4) is 0 Å².